The van der Waals surface area contributed by atoms with Gasteiger partial charge in [0, 0.05) is 32.9 Å². The van der Waals surface area contributed by atoms with Crippen molar-refractivity contribution in [2.24, 2.45) is 4.99 Å². The molecule has 0 aliphatic rings. The van der Waals surface area contributed by atoms with E-state index in [1.54, 1.807) is 7.05 Å². The Balaban J connectivity index is 0.00000484. The molecule has 0 atom stereocenters. The number of aromatic nitrogens is 1. The van der Waals surface area contributed by atoms with Gasteiger partial charge in [0.25, 0.3) is 0 Å². The minimum Gasteiger partial charge on any atom is -0.368 e. The molecule has 23 heavy (non-hydrogen) atoms. The van der Waals surface area contributed by atoms with Crippen LogP contribution in [0, 0.1) is 0 Å². The lowest BCUT2D eigenvalue weighted by molar-refractivity contribution is -0.137. The summed E-state index contributed by atoms with van der Waals surface area (Å²) in [7, 11) is 1.65. The maximum absolute atomic E-state index is 12.8. The highest BCUT2D eigenvalue weighted by molar-refractivity contribution is 14.0. The number of guanidine groups is 1. The molecule has 0 aliphatic carbocycles. The predicted octanol–water partition coefficient (Wildman–Crippen LogP) is 3.10. The third-order valence-electron chi connectivity index (χ3n) is 2.87. The Bertz CT molecular complexity index is 480. The highest BCUT2D eigenvalue weighted by Gasteiger charge is 2.33. The zero-order chi connectivity index (χ0) is 16.4. The summed E-state index contributed by atoms with van der Waals surface area (Å²) in [4.78, 5) is 7.77. The lowest BCUT2D eigenvalue weighted by Crippen LogP contribution is -2.40. The van der Waals surface area contributed by atoms with E-state index >= 15 is 0 Å². The number of pyridine rings is 1. The van der Waals surface area contributed by atoms with Crippen molar-refractivity contribution in [1.82, 2.24) is 15.6 Å². The lowest BCUT2D eigenvalue weighted by atomic mass is 10.2. The number of hydrogen-bond acceptors (Lipinski definition) is 3. The number of alkyl halides is 3. The second-order valence-corrected chi connectivity index (χ2v) is 4.60. The lowest BCUT2D eigenvalue weighted by Gasteiger charge is -2.14. The molecule has 5 nitrogen and oxygen atoms in total. The first-order valence-electron chi connectivity index (χ1n) is 7.19. The van der Waals surface area contributed by atoms with E-state index in [0.29, 0.717) is 19.0 Å². The Kier molecular flexibility index (Phi) is 10.7. The molecule has 0 bridgehead atoms. The molecule has 132 valence electrons. The van der Waals surface area contributed by atoms with Crippen LogP contribution in [0.15, 0.2) is 23.3 Å². The molecule has 1 aromatic rings. The highest BCUT2D eigenvalue weighted by atomic mass is 127. The van der Waals surface area contributed by atoms with E-state index in [1.165, 1.54) is 12.3 Å². The largest absolute Gasteiger partial charge is 0.419 e. The van der Waals surface area contributed by atoms with Crippen molar-refractivity contribution in [3.63, 3.8) is 0 Å². The molecular formula is C14H23F3IN5. The average molecular weight is 445 g/mol. The molecule has 0 radical (unpaired) electrons. The second kappa shape index (κ2) is 11.3. The Morgan fingerprint density at radius 1 is 1.22 bits per heavy atom. The minimum atomic E-state index is -4.41. The van der Waals surface area contributed by atoms with Crippen LogP contribution in [0.2, 0.25) is 0 Å². The Hall–Kier alpha value is -1.26. The van der Waals surface area contributed by atoms with E-state index < -0.39 is 11.7 Å². The van der Waals surface area contributed by atoms with Crippen molar-refractivity contribution in [3.05, 3.63) is 23.9 Å². The van der Waals surface area contributed by atoms with Crippen molar-refractivity contribution < 1.29 is 13.2 Å². The van der Waals surface area contributed by atoms with Crippen molar-refractivity contribution in [3.8, 4) is 0 Å². The molecule has 0 fully saturated rings. The van der Waals surface area contributed by atoms with Crippen molar-refractivity contribution in [1.29, 1.82) is 0 Å². The van der Waals surface area contributed by atoms with Crippen molar-refractivity contribution in [2.75, 3.05) is 32.0 Å². The van der Waals surface area contributed by atoms with E-state index in [-0.39, 0.29) is 29.8 Å². The number of aliphatic imine (C=N–C) groups is 1. The van der Waals surface area contributed by atoms with E-state index in [2.05, 4.69) is 32.9 Å². The topological polar surface area (TPSA) is 61.3 Å². The van der Waals surface area contributed by atoms with E-state index in [0.717, 1.165) is 25.5 Å². The van der Waals surface area contributed by atoms with E-state index in [1.807, 2.05) is 0 Å². The first kappa shape index (κ1) is 21.7. The molecule has 0 saturated carbocycles. The summed E-state index contributed by atoms with van der Waals surface area (Å²) in [5.74, 6) is 0.470. The summed E-state index contributed by atoms with van der Waals surface area (Å²) in [6.45, 7) is 3.63. The van der Waals surface area contributed by atoms with Gasteiger partial charge < -0.3 is 16.0 Å². The maximum Gasteiger partial charge on any atom is 0.419 e. The van der Waals surface area contributed by atoms with Gasteiger partial charge in [-0.1, -0.05) is 13.3 Å². The molecule has 1 aromatic heterocycles. The monoisotopic (exact) mass is 445 g/mol. The van der Waals surface area contributed by atoms with Crippen LogP contribution in [0.25, 0.3) is 0 Å². The molecule has 0 unspecified atom stereocenters. The van der Waals surface area contributed by atoms with Crippen LogP contribution >= 0.6 is 24.0 Å². The summed E-state index contributed by atoms with van der Waals surface area (Å²) in [5, 5.41) is 8.83. The molecule has 0 saturated heterocycles. The summed E-state index contributed by atoms with van der Waals surface area (Å²) in [6.07, 6.45) is -0.981. The molecule has 1 rings (SSSR count). The molecule has 0 amide bonds. The van der Waals surface area contributed by atoms with Gasteiger partial charge in [-0.05, 0) is 18.6 Å². The Morgan fingerprint density at radius 2 is 1.91 bits per heavy atom. The van der Waals surface area contributed by atoms with Crippen LogP contribution in [-0.4, -0.2) is 37.6 Å². The van der Waals surface area contributed by atoms with Crippen molar-refractivity contribution >= 4 is 35.8 Å². The van der Waals surface area contributed by atoms with Gasteiger partial charge in [0.2, 0.25) is 0 Å². The number of anilines is 1. The third kappa shape index (κ3) is 8.24. The van der Waals surface area contributed by atoms with Crippen LogP contribution < -0.4 is 16.0 Å². The maximum atomic E-state index is 12.8. The van der Waals surface area contributed by atoms with E-state index in [4.69, 9.17) is 0 Å². The van der Waals surface area contributed by atoms with Gasteiger partial charge >= 0.3 is 6.18 Å². The summed E-state index contributed by atoms with van der Waals surface area (Å²) >= 11 is 0. The fourth-order valence-corrected chi connectivity index (χ4v) is 1.74. The quantitative estimate of drug-likeness (QED) is 0.261. The van der Waals surface area contributed by atoms with Crippen molar-refractivity contribution in [2.45, 2.75) is 25.9 Å². The zero-order valence-electron chi connectivity index (χ0n) is 13.2. The second-order valence-electron chi connectivity index (χ2n) is 4.60. The van der Waals surface area contributed by atoms with Gasteiger partial charge in [-0.25, -0.2) is 4.98 Å². The zero-order valence-corrected chi connectivity index (χ0v) is 15.5. The average Bonchev–Trinajstić information content (AvgIpc) is 2.49. The summed E-state index contributed by atoms with van der Waals surface area (Å²) in [5.41, 5.74) is -0.763. The smallest absolute Gasteiger partial charge is 0.368 e. The van der Waals surface area contributed by atoms with E-state index in [9.17, 15) is 13.2 Å². The Morgan fingerprint density at radius 3 is 2.52 bits per heavy atom. The van der Waals surface area contributed by atoms with Gasteiger partial charge in [0.15, 0.2) is 5.96 Å². The van der Waals surface area contributed by atoms with Crippen LogP contribution in [0.5, 0.6) is 0 Å². The third-order valence-corrected chi connectivity index (χ3v) is 2.87. The fourth-order valence-electron chi connectivity index (χ4n) is 1.74. The molecular weight excluding hydrogens is 422 g/mol. The molecule has 0 spiro atoms. The number of unbranched alkanes of at least 4 members (excludes halogenated alkanes) is 1. The van der Waals surface area contributed by atoms with Gasteiger partial charge in [-0.3, -0.25) is 4.99 Å². The van der Waals surface area contributed by atoms with Gasteiger partial charge in [-0.2, -0.15) is 13.2 Å². The first-order chi connectivity index (χ1) is 10.5. The van der Waals surface area contributed by atoms with Crippen LogP contribution in [0.3, 0.4) is 0 Å². The number of rotatable bonds is 7. The molecule has 0 aromatic carbocycles. The number of hydrogen-bond donors (Lipinski definition) is 3. The SMILES string of the molecule is CCCCNC(=NC)NCCNc1ncccc1C(F)(F)F.I. The van der Waals surface area contributed by atoms with Crippen LogP contribution in [0.4, 0.5) is 19.0 Å². The normalized spacial score (nSPS) is 11.6. The Labute approximate surface area is 151 Å². The highest BCUT2D eigenvalue weighted by Crippen LogP contribution is 2.33. The number of nitrogens with one attached hydrogen (secondary N) is 3. The molecule has 1 heterocycles. The summed E-state index contributed by atoms with van der Waals surface area (Å²) in [6, 6.07) is 2.28. The molecule has 0 aliphatic heterocycles. The predicted molar refractivity (Wildman–Crippen MR) is 97.4 cm³/mol. The van der Waals surface area contributed by atoms with Gasteiger partial charge in [0.1, 0.15) is 5.82 Å². The van der Waals surface area contributed by atoms with Gasteiger partial charge in [0.05, 0.1) is 5.56 Å². The summed E-state index contributed by atoms with van der Waals surface area (Å²) < 4.78 is 38.4. The molecule has 3 N–H and O–H groups in total. The number of halogens is 4. The minimum absolute atomic E-state index is 0. The fraction of sp³-hybridized carbons (Fsp3) is 0.571. The standard InChI is InChI=1S/C14H22F3N5.HI/c1-3-4-7-21-13(18-2)22-10-9-20-12-11(14(15,16)17)6-5-8-19-12;/h5-6,8H,3-4,7,9-10H2,1-2H3,(H,19,20)(H2,18,21,22);1H. The van der Waals surface area contributed by atoms with Crippen LogP contribution in [0.1, 0.15) is 25.3 Å². The van der Waals surface area contributed by atoms with Crippen LogP contribution in [-0.2, 0) is 6.18 Å². The number of nitrogens with zero attached hydrogens (tertiary/aromatic N) is 2. The van der Waals surface area contributed by atoms with Gasteiger partial charge in [-0.15, -0.1) is 24.0 Å². The first-order valence-corrected chi connectivity index (χ1v) is 7.19. The molecule has 9 heteroatoms.